The molecule has 0 bridgehead atoms. The summed E-state index contributed by atoms with van der Waals surface area (Å²) in [6, 6.07) is 2.53. The van der Waals surface area contributed by atoms with Crippen LogP contribution in [0.1, 0.15) is 0 Å². The van der Waals surface area contributed by atoms with E-state index in [1.165, 1.54) is 12.1 Å². The fraction of sp³-hybridized carbons (Fsp3) is 0. The van der Waals surface area contributed by atoms with Crippen molar-refractivity contribution in [1.82, 2.24) is 0 Å². The number of nitro groups is 1. The van der Waals surface area contributed by atoms with Crippen LogP contribution in [0.4, 0.5) is 5.69 Å². The summed E-state index contributed by atoms with van der Waals surface area (Å²) in [5.74, 6) is 0. The van der Waals surface area contributed by atoms with Crippen LogP contribution in [0.2, 0.25) is 15.1 Å². The van der Waals surface area contributed by atoms with Gasteiger partial charge in [0.2, 0.25) is 0 Å². The Labute approximate surface area is 88.5 Å². The van der Waals surface area contributed by atoms with Crippen LogP contribution >= 0.6 is 34.8 Å². The molecule has 13 heavy (non-hydrogen) atoms. The standard InChI is InChI=1S/C6H2Cl3NO2.H2O/c7-3-1-2-4(10(11)12)6(9)5(3)8;/h1-2H;1H2. The Kier molecular flexibility index (Phi) is 4.43. The van der Waals surface area contributed by atoms with Gasteiger partial charge in [0, 0.05) is 6.07 Å². The highest BCUT2D eigenvalue weighted by atomic mass is 35.5. The topological polar surface area (TPSA) is 74.6 Å². The zero-order valence-electron chi connectivity index (χ0n) is 6.05. The lowest BCUT2D eigenvalue weighted by Crippen LogP contribution is -1.89. The molecule has 2 N–H and O–H groups in total. The number of hydrogen-bond acceptors (Lipinski definition) is 2. The minimum Gasteiger partial charge on any atom is -0.412 e. The van der Waals surface area contributed by atoms with Gasteiger partial charge in [0.15, 0.2) is 0 Å². The van der Waals surface area contributed by atoms with E-state index in [4.69, 9.17) is 34.8 Å². The first-order valence-corrected chi connectivity index (χ1v) is 3.95. The molecule has 7 heteroatoms. The summed E-state index contributed by atoms with van der Waals surface area (Å²) in [5.41, 5.74) is -0.244. The molecule has 0 heterocycles. The first-order valence-electron chi connectivity index (χ1n) is 2.82. The molecular formula is C6H4Cl3NO3. The molecule has 0 aliphatic carbocycles. The average Bonchev–Trinajstić information content (AvgIpc) is 2.00. The Morgan fingerprint density at radius 2 is 1.69 bits per heavy atom. The van der Waals surface area contributed by atoms with Gasteiger partial charge in [-0.15, -0.1) is 0 Å². The lowest BCUT2D eigenvalue weighted by molar-refractivity contribution is -0.384. The van der Waals surface area contributed by atoms with Crippen LogP contribution in [0, 0.1) is 10.1 Å². The fourth-order valence-corrected chi connectivity index (χ4v) is 1.26. The van der Waals surface area contributed by atoms with Crippen LogP contribution in [-0.4, -0.2) is 10.4 Å². The normalized spacial score (nSPS) is 9.15. The highest BCUT2D eigenvalue weighted by Gasteiger charge is 2.16. The van der Waals surface area contributed by atoms with Gasteiger partial charge in [-0.2, -0.15) is 0 Å². The lowest BCUT2D eigenvalue weighted by Gasteiger charge is -1.98. The molecule has 0 aliphatic rings. The van der Waals surface area contributed by atoms with E-state index in [1.54, 1.807) is 0 Å². The van der Waals surface area contributed by atoms with E-state index in [0.29, 0.717) is 0 Å². The fourth-order valence-electron chi connectivity index (χ4n) is 0.657. The second kappa shape index (κ2) is 4.62. The summed E-state index contributed by atoms with van der Waals surface area (Å²) >= 11 is 16.6. The van der Waals surface area contributed by atoms with Crippen LogP contribution in [0.25, 0.3) is 0 Å². The third-order valence-corrected chi connectivity index (χ3v) is 2.50. The average molecular weight is 244 g/mol. The van der Waals surface area contributed by atoms with Crippen LogP contribution in [0.3, 0.4) is 0 Å². The maximum atomic E-state index is 10.3. The molecule has 0 spiro atoms. The third-order valence-electron chi connectivity index (χ3n) is 1.21. The number of rotatable bonds is 1. The second-order valence-electron chi connectivity index (χ2n) is 1.95. The third kappa shape index (κ3) is 2.45. The molecule has 0 unspecified atom stereocenters. The van der Waals surface area contributed by atoms with Crippen LogP contribution < -0.4 is 0 Å². The number of benzene rings is 1. The smallest absolute Gasteiger partial charge is 0.289 e. The van der Waals surface area contributed by atoms with Gasteiger partial charge in [-0.1, -0.05) is 34.8 Å². The Morgan fingerprint density at radius 1 is 1.15 bits per heavy atom. The molecule has 1 rings (SSSR count). The van der Waals surface area contributed by atoms with E-state index >= 15 is 0 Å². The second-order valence-corrected chi connectivity index (χ2v) is 3.11. The van der Waals surface area contributed by atoms with Gasteiger partial charge in [-0.3, -0.25) is 10.1 Å². The Bertz CT molecular complexity index is 342. The summed E-state index contributed by atoms with van der Waals surface area (Å²) in [5, 5.41) is 10.4. The van der Waals surface area contributed by atoms with Crippen molar-refractivity contribution in [2.45, 2.75) is 0 Å². The van der Waals surface area contributed by atoms with Crippen molar-refractivity contribution in [3.63, 3.8) is 0 Å². The summed E-state index contributed by atoms with van der Waals surface area (Å²) in [7, 11) is 0. The highest BCUT2D eigenvalue weighted by Crippen LogP contribution is 2.36. The molecule has 0 saturated heterocycles. The molecule has 0 amide bonds. The summed E-state index contributed by atoms with van der Waals surface area (Å²) in [6.45, 7) is 0. The van der Waals surface area contributed by atoms with Gasteiger partial charge in [0.1, 0.15) is 5.02 Å². The molecular weight excluding hydrogens is 240 g/mol. The summed E-state index contributed by atoms with van der Waals surface area (Å²) in [4.78, 5) is 9.68. The first kappa shape index (κ1) is 12.4. The van der Waals surface area contributed by atoms with Gasteiger partial charge in [-0.05, 0) is 6.07 Å². The zero-order chi connectivity index (χ0) is 9.30. The van der Waals surface area contributed by atoms with E-state index in [1.807, 2.05) is 0 Å². The molecule has 0 atom stereocenters. The molecule has 0 radical (unpaired) electrons. The van der Waals surface area contributed by atoms with E-state index in [9.17, 15) is 10.1 Å². The van der Waals surface area contributed by atoms with Crippen LogP contribution in [-0.2, 0) is 0 Å². The Hall–Kier alpha value is -0.550. The predicted octanol–water partition coefficient (Wildman–Crippen LogP) is 2.73. The molecule has 1 aromatic carbocycles. The molecule has 0 fully saturated rings. The molecule has 1 aromatic rings. The van der Waals surface area contributed by atoms with Gasteiger partial charge in [-0.25, -0.2) is 0 Å². The van der Waals surface area contributed by atoms with E-state index in [-0.39, 0.29) is 26.2 Å². The maximum Gasteiger partial charge on any atom is 0.289 e. The number of halogens is 3. The van der Waals surface area contributed by atoms with E-state index in [0.717, 1.165) is 0 Å². The van der Waals surface area contributed by atoms with Crippen molar-refractivity contribution in [3.8, 4) is 0 Å². The van der Waals surface area contributed by atoms with Gasteiger partial charge in [0.25, 0.3) is 5.69 Å². The van der Waals surface area contributed by atoms with Crippen molar-refractivity contribution < 1.29 is 10.4 Å². The molecule has 72 valence electrons. The zero-order valence-corrected chi connectivity index (χ0v) is 8.32. The van der Waals surface area contributed by atoms with Gasteiger partial charge < -0.3 is 5.48 Å². The largest absolute Gasteiger partial charge is 0.412 e. The number of nitro benzene ring substituents is 1. The molecule has 0 saturated carbocycles. The summed E-state index contributed by atoms with van der Waals surface area (Å²) < 4.78 is 0. The van der Waals surface area contributed by atoms with Gasteiger partial charge >= 0.3 is 0 Å². The van der Waals surface area contributed by atoms with E-state index < -0.39 is 4.92 Å². The Balaban J connectivity index is 0.00000144. The first-order chi connectivity index (χ1) is 5.54. The minimum atomic E-state index is -0.620. The van der Waals surface area contributed by atoms with Gasteiger partial charge in [0.05, 0.1) is 15.0 Å². The molecule has 0 aliphatic heterocycles. The minimum absolute atomic E-state index is 0. The van der Waals surface area contributed by atoms with E-state index in [2.05, 4.69) is 0 Å². The van der Waals surface area contributed by atoms with Crippen molar-refractivity contribution in [1.29, 1.82) is 0 Å². The SMILES string of the molecule is O.O=[N+]([O-])c1ccc(Cl)c(Cl)c1Cl. The van der Waals surface area contributed by atoms with Crippen molar-refractivity contribution in [2.75, 3.05) is 0 Å². The molecule has 0 aromatic heterocycles. The quantitative estimate of drug-likeness (QED) is 0.433. The Morgan fingerprint density at radius 3 is 2.15 bits per heavy atom. The van der Waals surface area contributed by atoms with Crippen molar-refractivity contribution in [3.05, 3.63) is 37.3 Å². The maximum absolute atomic E-state index is 10.3. The predicted molar refractivity (Wildman–Crippen MR) is 51.7 cm³/mol. The van der Waals surface area contributed by atoms with Crippen molar-refractivity contribution in [2.24, 2.45) is 0 Å². The number of nitrogens with zero attached hydrogens (tertiary/aromatic N) is 1. The highest BCUT2D eigenvalue weighted by molar-refractivity contribution is 6.48. The summed E-state index contributed by atoms with van der Waals surface area (Å²) in [6.07, 6.45) is 0. The number of hydrogen-bond donors (Lipinski definition) is 0. The van der Waals surface area contributed by atoms with Crippen LogP contribution in [0.15, 0.2) is 12.1 Å². The lowest BCUT2D eigenvalue weighted by atomic mass is 10.3. The monoisotopic (exact) mass is 243 g/mol. The molecule has 4 nitrogen and oxygen atoms in total. The van der Waals surface area contributed by atoms with Crippen molar-refractivity contribution >= 4 is 40.5 Å². The van der Waals surface area contributed by atoms with Crippen LogP contribution in [0.5, 0.6) is 0 Å².